The van der Waals surface area contributed by atoms with Gasteiger partial charge in [-0.05, 0) is 75.6 Å². The maximum atomic E-state index is 15.3. The summed E-state index contributed by atoms with van der Waals surface area (Å²) in [6.07, 6.45) is -12.2. The smallest absolute Gasteiger partial charge is 0.408 e. The Balaban J connectivity index is 1.31. The number of carbonyl (C=O) groups excluding carboxylic acids is 8. The Hall–Kier alpha value is -7.00. The summed E-state index contributed by atoms with van der Waals surface area (Å²) in [5.41, 5.74) is -8.67. The van der Waals surface area contributed by atoms with E-state index in [1.165, 1.54) is 52.0 Å². The van der Waals surface area contributed by atoms with Gasteiger partial charge in [0.1, 0.15) is 54.7 Å². The molecule has 3 amide bonds. The van der Waals surface area contributed by atoms with Crippen LogP contribution in [0.3, 0.4) is 0 Å². The Labute approximate surface area is 427 Å². The molecule has 0 aromatic heterocycles. The molecule has 2 saturated carbocycles. The SMILES string of the molecule is CC(=O)O[C@@]12CO[C@@H]1C[C@H](O)[C@@]1(C)C(=O)[C@H](O)C3=C(C)[C@@H](OC(=O)[C@H](OC(=O)CNC(=O)CNC(=O)OC(C)(C)C)[C@@H](NC(=O)c4ccccc4)c4ccccc4)C[C@@](O)([C@@H](OC(=O)c4ccccc4)C12)C3(C)C. The molecule has 3 aromatic rings. The molecule has 6 N–H and O–H groups in total. The maximum Gasteiger partial charge on any atom is 0.408 e. The molecule has 1 heterocycles. The molecule has 20 nitrogen and oxygen atoms in total. The number of nitrogens with one attached hydrogen (secondary N) is 3. The van der Waals surface area contributed by atoms with Crippen molar-refractivity contribution in [3.63, 3.8) is 0 Å². The van der Waals surface area contributed by atoms with Crippen molar-refractivity contribution in [1.82, 2.24) is 16.0 Å². The third kappa shape index (κ3) is 10.5. The summed E-state index contributed by atoms with van der Waals surface area (Å²) < 4.78 is 35.6. The fourth-order valence-corrected chi connectivity index (χ4v) is 10.9. The Kier molecular flexibility index (Phi) is 15.6. The number of aliphatic hydroxyl groups is 3. The van der Waals surface area contributed by atoms with Crippen molar-refractivity contribution in [3.05, 3.63) is 119 Å². The number of ketones is 1. The summed E-state index contributed by atoms with van der Waals surface area (Å²) in [6, 6.07) is 22.1. The predicted octanol–water partition coefficient (Wildman–Crippen LogP) is 3.36. The van der Waals surface area contributed by atoms with Crippen molar-refractivity contribution in [2.45, 2.75) is 128 Å². The van der Waals surface area contributed by atoms with Gasteiger partial charge >= 0.3 is 30.0 Å². The number of hydrogen-bond donors (Lipinski definition) is 6. The van der Waals surface area contributed by atoms with Gasteiger partial charge in [-0.25, -0.2) is 14.4 Å². The van der Waals surface area contributed by atoms with Gasteiger partial charge in [0.15, 0.2) is 11.4 Å². The molecular weight excluding hydrogens is 963 g/mol. The minimum atomic E-state index is -2.49. The van der Waals surface area contributed by atoms with Crippen LogP contribution in [0.2, 0.25) is 0 Å². The standard InChI is InChI=1S/C54H63N3O17/c1-29-34(70-48(66)42(71-38(61)27-55-37(60)26-56-49(67)74-50(3,4)5)40(31-18-12-9-13-19-31)57-46(64)32-20-14-10-15-21-32)25-54(68)45(72-47(65)33-22-16-11-17-23-33)43-52(8,44(63)41(62)39(29)51(54,6)7)35(59)24-36-53(43,28-69-36)73-30(2)58/h9-23,34-36,40-43,45,59,62,68H,24-28H2,1-8H3,(H,55,60)(H,56,67)(H,57,64)/t34-,35-,36+,40-,41+,42+,43?,45-,52+,53-,54+/m0/s1. The molecule has 1 unspecified atom stereocenters. The van der Waals surface area contributed by atoms with Crippen LogP contribution in [0.1, 0.15) is 101 Å². The molecule has 20 heteroatoms. The number of benzene rings is 3. The lowest BCUT2D eigenvalue weighted by molar-refractivity contribution is -0.346. The first-order valence-electron chi connectivity index (χ1n) is 24.2. The highest BCUT2D eigenvalue weighted by Crippen LogP contribution is 2.64. The number of aliphatic hydroxyl groups excluding tert-OH is 2. The van der Waals surface area contributed by atoms with E-state index in [0.29, 0.717) is 0 Å². The molecule has 3 aromatic carbocycles. The van der Waals surface area contributed by atoms with Crippen LogP contribution < -0.4 is 16.0 Å². The summed E-state index contributed by atoms with van der Waals surface area (Å²) in [5, 5.41) is 45.6. The largest absolute Gasteiger partial charge is 0.455 e. The first-order valence-corrected chi connectivity index (χ1v) is 24.2. The number of amides is 3. The summed E-state index contributed by atoms with van der Waals surface area (Å²) in [4.78, 5) is 111. The van der Waals surface area contributed by atoms with E-state index in [1.807, 2.05) is 0 Å². The topological polar surface area (TPSA) is 289 Å². The summed E-state index contributed by atoms with van der Waals surface area (Å²) in [7, 11) is 0. The highest BCUT2D eigenvalue weighted by atomic mass is 16.6. The van der Waals surface area contributed by atoms with Crippen LogP contribution in [0.15, 0.2) is 102 Å². The van der Waals surface area contributed by atoms with Crippen LogP contribution in [0.25, 0.3) is 0 Å². The Morgan fingerprint density at radius 2 is 1.42 bits per heavy atom. The van der Waals surface area contributed by atoms with Gasteiger partial charge in [-0.3, -0.25) is 24.0 Å². The lowest BCUT2D eigenvalue weighted by Crippen LogP contribution is -2.81. The van der Waals surface area contributed by atoms with E-state index < -0.39 is 143 Å². The molecule has 2 bridgehead atoms. The highest BCUT2D eigenvalue weighted by molar-refractivity contribution is 5.96. The van der Waals surface area contributed by atoms with Gasteiger partial charge in [0.25, 0.3) is 5.91 Å². The van der Waals surface area contributed by atoms with Gasteiger partial charge in [0, 0.05) is 30.7 Å². The molecule has 4 aliphatic rings. The highest BCUT2D eigenvalue weighted by Gasteiger charge is 2.78. The molecule has 3 aliphatic carbocycles. The van der Waals surface area contributed by atoms with Crippen molar-refractivity contribution >= 4 is 47.6 Å². The van der Waals surface area contributed by atoms with Gasteiger partial charge in [0.2, 0.25) is 12.0 Å². The second-order valence-electron chi connectivity index (χ2n) is 20.9. The number of esters is 4. The molecule has 7 rings (SSSR count). The quantitative estimate of drug-likeness (QED) is 0.0767. The van der Waals surface area contributed by atoms with E-state index in [4.69, 9.17) is 28.4 Å². The minimum Gasteiger partial charge on any atom is -0.455 e. The fourth-order valence-electron chi connectivity index (χ4n) is 10.9. The Morgan fingerprint density at radius 1 is 0.824 bits per heavy atom. The van der Waals surface area contributed by atoms with E-state index >= 15 is 9.59 Å². The van der Waals surface area contributed by atoms with Gasteiger partial charge in [-0.2, -0.15) is 0 Å². The zero-order valence-corrected chi connectivity index (χ0v) is 42.4. The average molecular weight is 1030 g/mol. The monoisotopic (exact) mass is 1030 g/mol. The molecular formula is C54H63N3O17. The second kappa shape index (κ2) is 21.1. The second-order valence-corrected chi connectivity index (χ2v) is 20.9. The lowest BCUT2D eigenvalue weighted by atomic mass is 9.44. The van der Waals surface area contributed by atoms with Crippen molar-refractivity contribution in [3.8, 4) is 0 Å². The number of Topliss-reactive ketones (excluding diaryl/α,β-unsaturated/α-hetero) is 1. The Bertz CT molecular complexity index is 2690. The van der Waals surface area contributed by atoms with Gasteiger partial charge in [0.05, 0.1) is 29.6 Å². The van der Waals surface area contributed by atoms with E-state index in [2.05, 4.69) is 16.0 Å². The van der Waals surface area contributed by atoms with Crippen molar-refractivity contribution in [2.24, 2.45) is 16.7 Å². The van der Waals surface area contributed by atoms with E-state index in [9.17, 15) is 44.1 Å². The van der Waals surface area contributed by atoms with Crippen LogP contribution in [-0.4, -0.2) is 136 Å². The molecule has 74 heavy (non-hydrogen) atoms. The number of carbonyl (C=O) groups is 8. The average Bonchev–Trinajstić information content (AvgIpc) is 3.34. The van der Waals surface area contributed by atoms with Crippen molar-refractivity contribution in [1.29, 1.82) is 0 Å². The zero-order valence-electron chi connectivity index (χ0n) is 42.4. The number of fused-ring (bicyclic) bond motifs is 5. The molecule has 1 aliphatic heterocycles. The van der Waals surface area contributed by atoms with E-state index in [0.717, 1.165) is 6.92 Å². The summed E-state index contributed by atoms with van der Waals surface area (Å²) in [6.45, 7) is 10.0. The number of alkyl carbamates (subject to hydrolysis) is 1. The Morgan fingerprint density at radius 3 is 1.99 bits per heavy atom. The zero-order chi connectivity index (χ0) is 54.1. The molecule has 3 fully saturated rings. The summed E-state index contributed by atoms with van der Waals surface area (Å²) >= 11 is 0. The molecule has 0 spiro atoms. The van der Waals surface area contributed by atoms with Gasteiger partial charge < -0.3 is 59.7 Å². The normalized spacial score (nSPS) is 28.6. The number of rotatable bonds is 14. The van der Waals surface area contributed by atoms with E-state index in [-0.39, 0.29) is 40.9 Å². The fraction of sp³-hybridized carbons (Fsp3) is 0.481. The molecule has 396 valence electrons. The minimum absolute atomic E-state index is 0.0266. The maximum absolute atomic E-state index is 15.3. The van der Waals surface area contributed by atoms with Gasteiger partial charge in [-0.15, -0.1) is 0 Å². The molecule has 0 radical (unpaired) electrons. The number of hydrogen-bond acceptors (Lipinski definition) is 17. The number of ether oxygens (including phenoxy) is 6. The van der Waals surface area contributed by atoms with Gasteiger partial charge in [-0.1, -0.05) is 80.6 Å². The van der Waals surface area contributed by atoms with Crippen LogP contribution in [0.4, 0.5) is 4.79 Å². The van der Waals surface area contributed by atoms with Crippen molar-refractivity contribution < 1.29 is 82.1 Å². The molecule has 11 atom stereocenters. The van der Waals surface area contributed by atoms with Crippen LogP contribution in [0, 0.1) is 16.7 Å². The third-order valence-corrected chi connectivity index (χ3v) is 14.7. The third-order valence-electron chi connectivity index (χ3n) is 14.7. The van der Waals surface area contributed by atoms with Crippen LogP contribution >= 0.6 is 0 Å². The van der Waals surface area contributed by atoms with Crippen LogP contribution in [0.5, 0.6) is 0 Å². The first kappa shape index (κ1) is 54.8. The molecule has 1 saturated heterocycles. The van der Waals surface area contributed by atoms with E-state index in [1.54, 1.807) is 87.5 Å². The van der Waals surface area contributed by atoms with Crippen molar-refractivity contribution in [2.75, 3.05) is 19.7 Å². The lowest BCUT2D eigenvalue weighted by Gasteiger charge is -2.67. The first-order chi connectivity index (χ1) is 34.7. The summed E-state index contributed by atoms with van der Waals surface area (Å²) in [5.74, 6) is -8.45. The van der Waals surface area contributed by atoms with Crippen LogP contribution in [-0.2, 0) is 52.4 Å². The predicted molar refractivity (Wildman–Crippen MR) is 259 cm³/mol.